The molecule has 0 spiro atoms. The van der Waals surface area contributed by atoms with Gasteiger partial charge >= 0.3 is 0 Å². The molecule has 0 saturated heterocycles. The monoisotopic (exact) mass is 462 g/mol. The summed E-state index contributed by atoms with van der Waals surface area (Å²) in [7, 11) is 0. The highest BCUT2D eigenvalue weighted by molar-refractivity contribution is 5.85. The topological polar surface area (TPSA) is 65.2 Å². The number of benzene rings is 2. The number of aliphatic imine (C=N–C) groups is 2. The van der Waals surface area contributed by atoms with Crippen molar-refractivity contribution in [1.29, 1.82) is 0 Å². The molecule has 0 amide bonds. The second-order valence-corrected chi connectivity index (χ2v) is 10.2. The molecule has 1 aliphatic rings. The van der Waals surface area contributed by atoms with Gasteiger partial charge in [0.15, 0.2) is 0 Å². The lowest BCUT2D eigenvalue weighted by Gasteiger charge is -2.24. The molecule has 0 aromatic heterocycles. The van der Waals surface area contributed by atoms with E-state index in [1.165, 1.54) is 11.1 Å². The summed E-state index contributed by atoms with van der Waals surface area (Å²) in [4.78, 5) is 9.72. The molecule has 3 rings (SSSR count). The molecule has 0 aliphatic heterocycles. The van der Waals surface area contributed by atoms with E-state index < -0.39 is 0 Å². The largest absolute Gasteiger partial charge is 0.507 e. The molecule has 4 unspecified atom stereocenters. The third kappa shape index (κ3) is 6.28. The van der Waals surface area contributed by atoms with Gasteiger partial charge in [-0.05, 0) is 98.6 Å². The Kier molecular flexibility index (Phi) is 8.93. The van der Waals surface area contributed by atoms with Gasteiger partial charge in [0, 0.05) is 23.6 Å². The van der Waals surface area contributed by atoms with E-state index in [0.717, 1.165) is 60.8 Å². The summed E-state index contributed by atoms with van der Waals surface area (Å²) in [6.07, 6.45) is 9.91. The van der Waals surface area contributed by atoms with Gasteiger partial charge < -0.3 is 10.2 Å². The van der Waals surface area contributed by atoms with Crippen LogP contribution in [0.2, 0.25) is 0 Å². The number of hydrogen-bond donors (Lipinski definition) is 2. The van der Waals surface area contributed by atoms with E-state index in [2.05, 4.69) is 52.0 Å². The van der Waals surface area contributed by atoms with Gasteiger partial charge in [-0.15, -0.1) is 0 Å². The summed E-state index contributed by atoms with van der Waals surface area (Å²) in [5, 5.41) is 21.1. The lowest BCUT2D eigenvalue weighted by molar-refractivity contribution is 0.397. The zero-order chi connectivity index (χ0) is 24.8. The third-order valence-electron chi connectivity index (χ3n) is 7.54. The van der Waals surface area contributed by atoms with Gasteiger partial charge in [-0.3, -0.25) is 9.98 Å². The van der Waals surface area contributed by atoms with Gasteiger partial charge in [0.1, 0.15) is 11.5 Å². The van der Waals surface area contributed by atoms with E-state index in [1.807, 2.05) is 26.3 Å². The highest BCUT2D eigenvalue weighted by Crippen LogP contribution is 2.31. The Hall–Kier alpha value is -2.62. The van der Waals surface area contributed by atoms with Crippen LogP contribution in [0.15, 0.2) is 34.3 Å². The van der Waals surface area contributed by atoms with Crippen molar-refractivity contribution < 1.29 is 10.2 Å². The van der Waals surface area contributed by atoms with E-state index in [4.69, 9.17) is 9.98 Å². The molecule has 4 nitrogen and oxygen atoms in total. The first-order valence-electron chi connectivity index (χ1n) is 13.0. The zero-order valence-electron chi connectivity index (χ0n) is 21.8. The number of rotatable bonds is 8. The molecule has 2 N–H and O–H groups in total. The smallest absolute Gasteiger partial charge is 0.127 e. The maximum atomic E-state index is 10.6. The number of aromatic hydroxyl groups is 2. The van der Waals surface area contributed by atoms with Crippen molar-refractivity contribution in [3.05, 3.63) is 57.6 Å². The fourth-order valence-electron chi connectivity index (χ4n) is 4.69. The number of phenolic OH excluding ortho intramolecular Hbond substituents is 2. The summed E-state index contributed by atoms with van der Waals surface area (Å²) in [6, 6.07) is 8.72. The van der Waals surface area contributed by atoms with Crippen LogP contribution in [-0.4, -0.2) is 34.7 Å². The second kappa shape index (κ2) is 11.7. The van der Waals surface area contributed by atoms with Crippen LogP contribution >= 0.6 is 0 Å². The molecule has 1 fully saturated rings. The van der Waals surface area contributed by atoms with Gasteiger partial charge in [0.25, 0.3) is 0 Å². The predicted octanol–water partition coefficient (Wildman–Crippen LogP) is 7.59. The van der Waals surface area contributed by atoms with E-state index >= 15 is 0 Å². The molecule has 184 valence electrons. The molecular weight excluding hydrogens is 420 g/mol. The minimum Gasteiger partial charge on any atom is -0.507 e. The van der Waals surface area contributed by atoms with Gasteiger partial charge in [0.05, 0.1) is 12.1 Å². The van der Waals surface area contributed by atoms with Crippen LogP contribution < -0.4 is 0 Å². The first kappa shape index (κ1) is 26.0. The summed E-state index contributed by atoms with van der Waals surface area (Å²) in [5.41, 5.74) is 5.92. The van der Waals surface area contributed by atoms with Gasteiger partial charge in [0.2, 0.25) is 0 Å². The average molecular weight is 463 g/mol. The van der Waals surface area contributed by atoms with Crippen LogP contribution in [0.5, 0.6) is 11.5 Å². The lowest BCUT2D eigenvalue weighted by atomic mass is 9.91. The summed E-state index contributed by atoms with van der Waals surface area (Å²) >= 11 is 0. The first-order chi connectivity index (χ1) is 16.2. The standard InChI is InChI=1S/C30H42N2O2/c1-7-19(3)23-12-21(5)29(33)25(14-23)17-31-27-10-9-11-28(16-27)32-18-26-15-24(20(4)8-2)13-22(6)30(26)34/h12-15,17-20,27-28,33-34H,7-11,16H2,1-6H3. The van der Waals surface area contributed by atoms with E-state index in [1.54, 1.807) is 0 Å². The highest BCUT2D eigenvalue weighted by Gasteiger charge is 2.21. The Morgan fingerprint density at radius 1 is 0.794 bits per heavy atom. The normalized spacial score (nSPS) is 20.8. The Balaban J connectivity index is 1.73. The Bertz CT molecular complexity index is 959. The molecule has 0 bridgehead atoms. The van der Waals surface area contributed by atoms with Crippen LogP contribution in [0.3, 0.4) is 0 Å². The van der Waals surface area contributed by atoms with Crippen molar-refractivity contribution >= 4 is 12.4 Å². The van der Waals surface area contributed by atoms with Crippen molar-refractivity contribution in [2.24, 2.45) is 9.98 Å². The van der Waals surface area contributed by atoms with Gasteiger partial charge in [-0.2, -0.15) is 0 Å². The van der Waals surface area contributed by atoms with Crippen molar-refractivity contribution in [1.82, 2.24) is 0 Å². The number of hydrogen-bond acceptors (Lipinski definition) is 4. The zero-order valence-corrected chi connectivity index (χ0v) is 21.8. The minimum atomic E-state index is 0.199. The van der Waals surface area contributed by atoms with E-state index in [0.29, 0.717) is 23.3 Å². The SMILES string of the molecule is CCC(C)c1cc(C)c(O)c(C=NC2CCCC(N=Cc3cc(C(C)CC)cc(C)c3O)C2)c1. The first-order valence-corrected chi connectivity index (χ1v) is 13.0. The lowest BCUT2D eigenvalue weighted by Crippen LogP contribution is -2.21. The molecule has 0 heterocycles. The molecule has 1 saturated carbocycles. The molecule has 4 atom stereocenters. The average Bonchev–Trinajstić information content (AvgIpc) is 2.84. The Morgan fingerprint density at radius 2 is 1.21 bits per heavy atom. The van der Waals surface area contributed by atoms with E-state index in [9.17, 15) is 10.2 Å². The highest BCUT2D eigenvalue weighted by atomic mass is 16.3. The molecular formula is C30H42N2O2. The molecule has 1 aliphatic carbocycles. The Labute approximate surface area is 205 Å². The van der Waals surface area contributed by atoms with Crippen molar-refractivity contribution in [2.75, 3.05) is 0 Å². The second-order valence-electron chi connectivity index (χ2n) is 10.2. The quantitative estimate of drug-likeness (QED) is 0.397. The minimum absolute atomic E-state index is 0.199. The molecule has 34 heavy (non-hydrogen) atoms. The van der Waals surface area contributed by atoms with Crippen molar-refractivity contribution in [3.63, 3.8) is 0 Å². The van der Waals surface area contributed by atoms with Gasteiger partial charge in [-0.25, -0.2) is 0 Å². The van der Waals surface area contributed by atoms with Crippen LogP contribution in [0.1, 0.15) is 111 Å². The maximum Gasteiger partial charge on any atom is 0.127 e. The maximum absolute atomic E-state index is 10.6. The third-order valence-corrected chi connectivity index (χ3v) is 7.54. The number of phenols is 2. The number of aryl methyl sites for hydroxylation is 2. The molecule has 2 aromatic rings. The van der Waals surface area contributed by atoms with Crippen LogP contribution in [-0.2, 0) is 0 Å². The summed E-state index contributed by atoms with van der Waals surface area (Å²) in [6.45, 7) is 12.7. The van der Waals surface area contributed by atoms with Crippen LogP contribution in [0.25, 0.3) is 0 Å². The molecule has 0 radical (unpaired) electrons. The summed E-state index contributed by atoms with van der Waals surface area (Å²) < 4.78 is 0. The molecule has 2 aromatic carbocycles. The van der Waals surface area contributed by atoms with Crippen molar-refractivity contribution in [2.45, 2.75) is 104 Å². The fourth-order valence-corrected chi connectivity index (χ4v) is 4.69. The summed E-state index contributed by atoms with van der Waals surface area (Å²) in [5.74, 6) is 1.57. The molecule has 4 heteroatoms. The van der Waals surface area contributed by atoms with Crippen LogP contribution in [0.4, 0.5) is 0 Å². The van der Waals surface area contributed by atoms with Gasteiger partial charge in [-0.1, -0.05) is 39.8 Å². The van der Waals surface area contributed by atoms with Crippen LogP contribution in [0, 0.1) is 13.8 Å². The van der Waals surface area contributed by atoms with E-state index in [-0.39, 0.29) is 12.1 Å². The fraction of sp³-hybridized carbons (Fsp3) is 0.533. The van der Waals surface area contributed by atoms with Crippen molar-refractivity contribution in [3.8, 4) is 11.5 Å². The predicted molar refractivity (Wildman–Crippen MR) is 144 cm³/mol. The Morgan fingerprint density at radius 3 is 1.59 bits per heavy atom. The number of nitrogens with zero attached hydrogens (tertiary/aromatic N) is 2.